The van der Waals surface area contributed by atoms with Crippen LogP contribution in [0.25, 0.3) is 11.1 Å². The average Bonchev–Trinajstić information content (AvgIpc) is 2.75. The molecule has 0 spiro atoms. The van der Waals surface area contributed by atoms with Gasteiger partial charge in [-0.1, -0.05) is 0 Å². The Balaban J connectivity index is 2.49. The molecule has 4 nitrogen and oxygen atoms in total. The number of aryl methyl sites for hydroxylation is 1. The third-order valence-electron chi connectivity index (χ3n) is 2.73. The van der Waals surface area contributed by atoms with E-state index in [4.69, 9.17) is 10.5 Å². The Morgan fingerprint density at radius 1 is 1.29 bits per heavy atom. The van der Waals surface area contributed by atoms with Crippen LogP contribution in [0.1, 0.15) is 18.5 Å². The van der Waals surface area contributed by atoms with E-state index in [-0.39, 0.29) is 6.04 Å². The second-order valence-electron chi connectivity index (χ2n) is 4.19. The molecule has 0 unspecified atom stereocenters. The van der Waals surface area contributed by atoms with E-state index in [0.29, 0.717) is 0 Å². The van der Waals surface area contributed by atoms with Crippen LogP contribution in [0.5, 0.6) is 5.75 Å². The van der Waals surface area contributed by atoms with Crippen LogP contribution in [0.15, 0.2) is 30.6 Å². The predicted molar refractivity (Wildman–Crippen MR) is 67.8 cm³/mol. The summed E-state index contributed by atoms with van der Waals surface area (Å²) in [7, 11) is 3.56. The molecule has 0 aliphatic heterocycles. The van der Waals surface area contributed by atoms with Crippen molar-refractivity contribution in [3.8, 4) is 16.9 Å². The Morgan fingerprint density at radius 2 is 2.06 bits per heavy atom. The molecular weight excluding hydrogens is 214 g/mol. The van der Waals surface area contributed by atoms with Gasteiger partial charge in [-0.25, -0.2) is 0 Å². The molecule has 90 valence electrons. The molecule has 0 aliphatic carbocycles. The van der Waals surface area contributed by atoms with Crippen LogP contribution in [0.4, 0.5) is 0 Å². The second kappa shape index (κ2) is 4.59. The highest BCUT2D eigenvalue weighted by Crippen LogP contribution is 2.27. The van der Waals surface area contributed by atoms with E-state index in [1.54, 1.807) is 11.8 Å². The van der Waals surface area contributed by atoms with Crippen LogP contribution >= 0.6 is 0 Å². The maximum Gasteiger partial charge on any atom is 0.119 e. The summed E-state index contributed by atoms with van der Waals surface area (Å²) in [5, 5.41) is 4.17. The molecule has 1 aromatic heterocycles. The lowest BCUT2D eigenvalue weighted by atomic mass is 10.0. The molecule has 17 heavy (non-hydrogen) atoms. The summed E-state index contributed by atoms with van der Waals surface area (Å²) in [6, 6.07) is 6.01. The van der Waals surface area contributed by atoms with Gasteiger partial charge >= 0.3 is 0 Å². The van der Waals surface area contributed by atoms with Gasteiger partial charge in [-0.15, -0.1) is 0 Å². The van der Waals surface area contributed by atoms with E-state index in [1.165, 1.54) is 0 Å². The van der Waals surface area contributed by atoms with Crippen molar-refractivity contribution in [2.24, 2.45) is 12.8 Å². The SMILES string of the molecule is COc1cc(-c2cnn(C)c2)cc([C@@H](C)N)c1. The smallest absolute Gasteiger partial charge is 0.119 e. The van der Waals surface area contributed by atoms with Gasteiger partial charge in [-0.2, -0.15) is 5.10 Å². The van der Waals surface area contributed by atoms with Crippen LogP contribution in [-0.2, 0) is 7.05 Å². The normalized spacial score (nSPS) is 12.5. The minimum atomic E-state index is -0.0134. The van der Waals surface area contributed by atoms with E-state index in [0.717, 1.165) is 22.4 Å². The minimum Gasteiger partial charge on any atom is -0.497 e. The second-order valence-corrected chi connectivity index (χ2v) is 4.19. The lowest BCUT2D eigenvalue weighted by molar-refractivity contribution is 0.414. The number of ether oxygens (including phenoxy) is 1. The molecule has 0 fully saturated rings. The Bertz CT molecular complexity index is 517. The molecule has 4 heteroatoms. The third kappa shape index (κ3) is 2.47. The summed E-state index contributed by atoms with van der Waals surface area (Å²) in [5.41, 5.74) is 9.11. The van der Waals surface area contributed by atoms with Gasteiger partial charge in [0, 0.05) is 24.8 Å². The van der Waals surface area contributed by atoms with Crippen molar-refractivity contribution in [2.75, 3.05) is 7.11 Å². The number of rotatable bonds is 3. The molecule has 0 bridgehead atoms. The molecule has 0 saturated heterocycles. The van der Waals surface area contributed by atoms with Crippen molar-refractivity contribution in [1.82, 2.24) is 9.78 Å². The highest BCUT2D eigenvalue weighted by atomic mass is 16.5. The first kappa shape index (κ1) is 11.7. The maximum atomic E-state index is 5.91. The van der Waals surface area contributed by atoms with Gasteiger partial charge in [0.2, 0.25) is 0 Å². The van der Waals surface area contributed by atoms with E-state index in [9.17, 15) is 0 Å². The maximum absolute atomic E-state index is 5.91. The summed E-state index contributed by atoms with van der Waals surface area (Å²) < 4.78 is 7.07. The van der Waals surface area contributed by atoms with Crippen LogP contribution in [0.3, 0.4) is 0 Å². The molecule has 1 heterocycles. The molecule has 0 saturated carbocycles. The summed E-state index contributed by atoms with van der Waals surface area (Å²) in [5.74, 6) is 0.818. The van der Waals surface area contributed by atoms with Crippen LogP contribution in [0.2, 0.25) is 0 Å². The fourth-order valence-electron chi connectivity index (χ4n) is 1.74. The lowest BCUT2D eigenvalue weighted by Gasteiger charge is -2.10. The number of hydrogen-bond acceptors (Lipinski definition) is 3. The van der Waals surface area contributed by atoms with E-state index in [2.05, 4.69) is 11.2 Å². The summed E-state index contributed by atoms with van der Waals surface area (Å²) in [4.78, 5) is 0. The Labute approximate surface area is 101 Å². The molecule has 0 amide bonds. The first-order valence-corrected chi connectivity index (χ1v) is 5.53. The van der Waals surface area contributed by atoms with Crippen molar-refractivity contribution in [2.45, 2.75) is 13.0 Å². The summed E-state index contributed by atoms with van der Waals surface area (Å²) in [6.07, 6.45) is 3.81. The Hall–Kier alpha value is -1.81. The van der Waals surface area contributed by atoms with Crippen molar-refractivity contribution in [3.05, 3.63) is 36.2 Å². The number of aromatic nitrogens is 2. The van der Waals surface area contributed by atoms with Gasteiger partial charge < -0.3 is 10.5 Å². The standard InChI is InChI=1S/C13H17N3O/c1-9(14)10-4-11(6-13(5-10)17-3)12-7-15-16(2)8-12/h4-9H,14H2,1-3H3/t9-/m1/s1. The van der Waals surface area contributed by atoms with E-state index >= 15 is 0 Å². The summed E-state index contributed by atoms with van der Waals surface area (Å²) >= 11 is 0. The van der Waals surface area contributed by atoms with Crippen molar-refractivity contribution in [1.29, 1.82) is 0 Å². The molecule has 0 radical (unpaired) electrons. The Kier molecular flexibility index (Phi) is 3.15. The van der Waals surface area contributed by atoms with Crippen LogP contribution < -0.4 is 10.5 Å². The molecule has 1 aromatic carbocycles. The van der Waals surface area contributed by atoms with Crippen molar-refractivity contribution in [3.63, 3.8) is 0 Å². The summed E-state index contributed by atoms with van der Waals surface area (Å²) in [6.45, 7) is 1.96. The highest BCUT2D eigenvalue weighted by molar-refractivity contribution is 5.65. The molecule has 2 N–H and O–H groups in total. The van der Waals surface area contributed by atoms with Crippen LogP contribution in [0, 0.1) is 0 Å². The number of benzene rings is 1. The van der Waals surface area contributed by atoms with Crippen molar-refractivity contribution < 1.29 is 4.74 Å². The molecule has 2 rings (SSSR count). The number of nitrogens with two attached hydrogens (primary N) is 1. The average molecular weight is 231 g/mol. The third-order valence-corrected chi connectivity index (χ3v) is 2.73. The predicted octanol–water partition coefficient (Wildman–Crippen LogP) is 2.12. The highest BCUT2D eigenvalue weighted by Gasteiger charge is 2.07. The van der Waals surface area contributed by atoms with Gasteiger partial charge in [0.25, 0.3) is 0 Å². The topological polar surface area (TPSA) is 53.1 Å². The zero-order valence-corrected chi connectivity index (χ0v) is 10.3. The first-order chi connectivity index (χ1) is 8.10. The van der Waals surface area contributed by atoms with Crippen LogP contribution in [-0.4, -0.2) is 16.9 Å². The zero-order valence-electron chi connectivity index (χ0n) is 10.3. The molecule has 2 aromatic rings. The lowest BCUT2D eigenvalue weighted by Crippen LogP contribution is -2.05. The van der Waals surface area contributed by atoms with Gasteiger partial charge in [0.05, 0.1) is 13.3 Å². The number of hydrogen-bond donors (Lipinski definition) is 1. The van der Waals surface area contributed by atoms with E-state index < -0.39 is 0 Å². The molecular formula is C13H17N3O. The molecule has 0 aliphatic rings. The zero-order chi connectivity index (χ0) is 12.4. The van der Waals surface area contributed by atoms with Gasteiger partial charge in [-0.3, -0.25) is 4.68 Å². The van der Waals surface area contributed by atoms with Gasteiger partial charge in [0.1, 0.15) is 5.75 Å². The fourth-order valence-corrected chi connectivity index (χ4v) is 1.74. The number of methoxy groups -OCH3 is 1. The number of nitrogens with zero attached hydrogens (tertiary/aromatic N) is 2. The quantitative estimate of drug-likeness (QED) is 0.880. The fraction of sp³-hybridized carbons (Fsp3) is 0.308. The monoisotopic (exact) mass is 231 g/mol. The van der Waals surface area contributed by atoms with Crippen molar-refractivity contribution >= 4 is 0 Å². The molecule has 1 atom stereocenters. The Morgan fingerprint density at radius 3 is 2.59 bits per heavy atom. The first-order valence-electron chi connectivity index (χ1n) is 5.53. The minimum absolute atomic E-state index is 0.0134. The van der Waals surface area contributed by atoms with Gasteiger partial charge in [-0.05, 0) is 36.2 Å². The van der Waals surface area contributed by atoms with Gasteiger partial charge in [0.15, 0.2) is 0 Å². The van der Waals surface area contributed by atoms with E-state index in [1.807, 2.05) is 38.5 Å². The largest absolute Gasteiger partial charge is 0.497 e.